The first-order valence-electron chi connectivity index (χ1n) is 4.03. The van der Waals surface area contributed by atoms with E-state index >= 15 is 0 Å². The zero-order chi connectivity index (χ0) is 11.6. The Bertz CT molecular complexity index is 457. The van der Waals surface area contributed by atoms with Crippen molar-refractivity contribution in [2.75, 3.05) is 24.7 Å². The van der Waals surface area contributed by atoms with Crippen LogP contribution in [0.1, 0.15) is 0 Å². The predicted molar refractivity (Wildman–Crippen MR) is 62.7 cm³/mol. The molecule has 1 atom stereocenters. The number of nitrogen functional groups attached to an aromatic ring is 1. The molecule has 3 N–H and O–H groups in total. The van der Waals surface area contributed by atoms with Gasteiger partial charge in [-0.1, -0.05) is 0 Å². The number of benzene rings is 1. The van der Waals surface area contributed by atoms with Crippen molar-refractivity contribution in [3.05, 3.63) is 18.2 Å². The summed E-state index contributed by atoms with van der Waals surface area (Å²) in [6, 6.07) is 4.84. The summed E-state index contributed by atoms with van der Waals surface area (Å²) < 4.78 is 15.4. The van der Waals surface area contributed by atoms with E-state index < -0.39 is 8.77 Å². The molecule has 0 amide bonds. The van der Waals surface area contributed by atoms with E-state index in [-0.39, 0.29) is 10.6 Å². The summed E-state index contributed by atoms with van der Waals surface area (Å²) in [6.45, 7) is 0. The minimum Gasteiger partial charge on any atom is -0.398 e. The van der Waals surface area contributed by atoms with Crippen LogP contribution in [0.25, 0.3) is 0 Å². The maximum Gasteiger partial charge on any atom is 0.204 e. The Balaban J connectivity index is 3.35. The van der Waals surface area contributed by atoms with Gasteiger partial charge in [-0.3, -0.25) is 0 Å². The minimum absolute atomic E-state index is 0.117. The fourth-order valence-corrected chi connectivity index (χ4v) is 2.19. The van der Waals surface area contributed by atoms with Crippen molar-refractivity contribution in [2.24, 2.45) is 0 Å². The molecular formula is C8H12N2O3S2. The Labute approximate surface area is 93.3 Å². The fourth-order valence-electron chi connectivity index (χ4n) is 1.06. The SMILES string of the molecule is CN(C)c1ccc(N)c(S(=O)(=S)OO)c1. The summed E-state index contributed by atoms with van der Waals surface area (Å²) in [5, 5.41) is 8.45. The summed E-state index contributed by atoms with van der Waals surface area (Å²) in [5.74, 6) is 0. The maximum absolute atomic E-state index is 11.6. The zero-order valence-electron chi connectivity index (χ0n) is 8.34. The maximum atomic E-state index is 11.6. The predicted octanol–water partition coefficient (Wildman–Crippen LogP) is 0.845. The second-order valence-corrected chi connectivity index (χ2v) is 5.96. The van der Waals surface area contributed by atoms with Crippen molar-refractivity contribution < 1.29 is 13.8 Å². The van der Waals surface area contributed by atoms with Crippen molar-refractivity contribution in [2.45, 2.75) is 4.90 Å². The third-order valence-electron chi connectivity index (χ3n) is 1.88. The van der Waals surface area contributed by atoms with Crippen LogP contribution in [0.4, 0.5) is 11.4 Å². The highest BCUT2D eigenvalue weighted by Gasteiger charge is 2.15. The van der Waals surface area contributed by atoms with E-state index in [0.29, 0.717) is 0 Å². The molecule has 0 aromatic heterocycles. The van der Waals surface area contributed by atoms with Crippen LogP contribution in [0.2, 0.25) is 0 Å². The number of anilines is 2. The van der Waals surface area contributed by atoms with E-state index in [1.54, 1.807) is 17.0 Å². The molecule has 1 rings (SSSR count). The molecule has 0 fully saturated rings. The third-order valence-corrected chi connectivity index (χ3v) is 3.69. The number of nitrogens with two attached hydrogens (primary N) is 1. The lowest BCUT2D eigenvalue weighted by atomic mass is 10.3. The van der Waals surface area contributed by atoms with E-state index in [9.17, 15) is 4.21 Å². The lowest BCUT2D eigenvalue weighted by Crippen LogP contribution is -2.11. The standard InChI is InChI=1S/C8H12N2O3S2/c1-10(2)6-3-4-7(9)8(5-6)15(12,14)13-11/h3-5,11H,9H2,1-2H3. The Kier molecular flexibility index (Phi) is 3.50. The van der Waals surface area contributed by atoms with E-state index in [1.165, 1.54) is 6.07 Å². The normalized spacial score (nSPS) is 14.6. The summed E-state index contributed by atoms with van der Waals surface area (Å²) in [6.07, 6.45) is 0. The highest BCUT2D eigenvalue weighted by Crippen LogP contribution is 2.25. The van der Waals surface area contributed by atoms with Crippen LogP contribution in [-0.2, 0) is 24.3 Å². The van der Waals surface area contributed by atoms with Crippen LogP contribution in [0.15, 0.2) is 23.1 Å². The molecule has 0 heterocycles. The van der Waals surface area contributed by atoms with Crippen LogP contribution in [-0.4, -0.2) is 23.6 Å². The molecule has 84 valence electrons. The minimum atomic E-state index is -3.35. The van der Waals surface area contributed by atoms with Crippen molar-refractivity contribution >= 4 is 31.3 Å². The van der Waals surface area contributed by atoms with Crippen LogP contribution < -0.4 is 10.6 Å². The Morgan fingerprint density at radius 2 is 2.13 bits per heavy atom. The van der Waals surface area contributed by atoms with Crippen LogP contribution in [0.5, 0.6) is 0 Å². The molecule has 5 nitrogen and oxygen atoms in total. The smallest absolute Gasteiger partial charge is 0.204 e. The topological polar surface area (TPSA) is 75.8 Å². The molecule has 0 aliphatic heterocycles. The van der Waals surface area contributed by atoms with Crippen molar-refractivity contribution in [3.63, 3.8) is 0 Å². The van der Waals surface area contributed by atoms with Gasteiger partial charge in [0.05, 0.1) is 10.6 Å². The van der Waals surface area contributed by atoms with E-state index in [4.69, 9.17) is 11.0 Å². The first-order chi connectivity index (χ1) is 6.88. The average Bonchev–Trinajstić information content (AvgIpc) is 2.17. The van der Waals surface area contributed by atoms with Gasteiger partial charge in [-0.25, -0.2) is 9.47 Å². The second kappa shape index (κ2) is 4.31. The number of nitrogens with zero attached hydrogens (tertiary/aromatic N) is 1. The van der Waals surface area contributed by atoms with Crippen LogP contribution >= 0.6 is 0 Å². The van der Waals surface area contributed by atoms with Gasteiger partial charge in [0.2, 0.25) is 8.77 Å². The molecular weight excluding hydrogens is 236 g/mol. The van der Waals surface area contributed by atoms with Gasteiger partial charge in [-0.05, 0) is 18.2 Å². The molecule has 0 aliphatic carbocycles. The van der Waals surface area contributed by atoms with Crippen molar-refractivity contribution in [1.29, 1.82) is 0 Å². The largest absolute Gasteiger partial charge is 0.398 e. The summed E-state index contributed by atoms with van der Waals surface area (Å²) in [4.78, 5) is 1.91. The van der Waals surface area contributed by atoms with Gasteiger partial charge < -0.3 is 10.6 Å². The molecule has 1 aromatic carbocycles. The molecule has 0 saturated heterocycles. The molecule has 1 unspecified atom stereocenters. The summed E-state index contributed by atoms with van der Waals surface area (Å²) in [7, 11) is 0.292. The lowest BCUT2D eigenvalue weighted by Gasteiger charge is -2.15. The molecule has 0 spiro atoms. The Morgan fingerprint density at radius 1 is 1.53 bits per heavy atom. The van der Waals surface area contributed by atoms with Gasteiger partial charge in [-0.2, -0.15) is 0 Å². The second-order valence-electron chi connectivity index (χ2n) is 3.15. The number of hydrogen-bond donors (Lipinski definition) is 2. The molecule has 0 radical (unpaired) electrons. The quantitative estimate of drug-likeness (QED) is 0.469. The van der Waals surface area contributed by atoms with Gasteiger partial charge in [0, 0.05) is 31.0 Å². The molecule has 15 heavy (non-hydrogen) atoms. The van der Waals surface area contributed by atoms with Crippen LogP contribution in [0, 0.1) is 0 Å². The highest BCUT2D eigenvalue weighted by atomic mass is 32.8. The van der Waals surface area contributed by atoms with E-state index in [1.807, 2.05) is 14.1 Å². The molecule has 0 bridgehead atoms. The zero-order valence-corrected chi connectivity index (χ0v) is 9.97. The number of rotatable bonds is 3. The Morgan fingerprint density at radius 3 is 2.60 bits per heavy atom. The highest BCUT2D eigenvalue weighted by molar-refractivity contribution is 8.30. The molecule has 0 saturated carbocycles. The molecule has 1 aromatic rings. The third kappa shape index (κ3) is 2.57. The van der Waals surface area contributed by atoms with Gasteiger partial charge >= 0.3 is 0 Å². The van der Waals surface area contributed by atoms with E-state index in [2.05, 4.69) is 15.5 Å². The fraction of sp³-hybridized carbons (Fsp3) is 0.250. The van der Waals surface area contributed by atoms with Crippen molar-refractivity contribution in [1.82, 2.24) is 0 Å². The molecule has 0 aliphatic rings. The lowest BCUT2D eigenvalue weighted by molar-refractivity contribution is -0.124. The molecule has 7 heteroatoms. The van der Waals surface area contributed by atoms with E-state index in [0.717, 1.165) is 5.69 Å². The number of hydrogen-bond acceptors (Lipinski definition) is 6. The first kappa shape index (κ1) is 12.2. The Hall–Kier alpha value is -0.890. The summed E-state index contributed by atoms with van der Waals surface area (Å²) in [5.41, 5.74) is 6.60. The van der Waals surface area contributed by atoms with Crippen molar-refractivity contribution in [3.8, 4) is 0 Å². The first-order valence-corrected chi connectivity index (χ1v) is 6.44. The monoisotopic (exact) mass is 248 g/mol. The summed E-state index contributed by atoms with van der Waals surface area (Å²) >= 11 is 4.60. The van der Waals surface area contributed by atoms with Gasteiger partial charge in [0.1, 0.15) is 0 Å². The van der Waals surface area contributed by atoms with Gasteiger partial charge in [0.25, 0.3) is 0 Å². The average molecular weight is 248 g/mol. The van der Waals surface area contributed by atoms with Gasteiger partial charge in [0.15, 0.2) is 0 Å². The van der Waals surface area contributed by atoms with Gasteiger partial charge in [-0.15, -0.1) is 4.33 Å². The van der Waals surface area contributed by atoms with Crippen LogP contribution in [0.3, 0.4) is 0 Å².